The highest BCUT2D eigenvalue weighted by Gasteiger charge is 2.57. The van der Waals surface area contributed by atoms with Gasteiger partial charge in [-0.15, -0.1) is 0 Å². The molecule has 9 heteroatoms. The minimum Gasteiger partial charge on any atom is -0.334 e. The van der Waals surface area contributed by atoms with Gasteiger partial charge in [0.1, 0.15) is 5.54 Å². The van der Waals surface area contributed by atoms with E-state index in [9.17, 15) is 27.6 Å². The van der Waals surface area contributed by atoms with Crippen LogP contribution in [0.3, 0.4) is 0 Å². The van der Waals surface area contributed by atoms with Crippen LogP contribution in [-0.4, -0.2) is 28.3 Å². The summed E-state index contributed by atoms with van der Waals surface area (Å²) in [4.78, 5) is 39.3. The Morgan fingerprint density at radius 2 is 1.87 bits per heavy atom. The molecule has 2 heterocycles. The summed E-state index contributed by atoms with van der Waals surface area (Å²) in [6.07, 6.45) is -2.63. The Morgan fingerprint density at radius 3 is 2.40 bits per heavy atom. The van der Waals surface area contributed by atoms with Crippen molar-refractivity contribution in [2.24, 2.45) is 17.8 Å². The first-order chi connectivity index (χ1) is 14.0. The first-order valence-corrected chi connectivity index (χ1v) is 10.1. The number of rotatable bonds is 5. The number of benzene rings is 1. The molecule has 1 aromatic rings. The lowest BCUT2D eigenvalue weighted by atomic mass is 9.78. The molecule has 3 aliphatic rings. The fourth-order valence-corrected chi connectivity index (χ4v) is 4.60. The number of hydrogen-bond donors (Lipinski definition) is 2. The molecule has 2 fully saturated rings. The molecule has 0 spiro atoms. The normalized spacial score (nSPS) is 24.7. The highest BCUT2D eigenvalue weighted by atomic mass is 19.4. The highest BCUT2D eigenvalue weighted by Crippen LogP contribution is 2.46. The van der Waals surface area contributed by atoms with E-state index in [0.29, 0.717) is 11.1 Å². The molecular weight excluding hydrogens is 399 g/mol. The molecule has 4 rings (SSSR count). The van der Waals surface area contributed by atoms with Gasteiger partial charge in [-0.3, -0.25) is 14.9 Å². The lowest BCUT2D eigenvalue weighted by Gasteiger charge is -2.33. The zero-order valence-electron chi connectivity index (χ0n) is 16.8. The molecule has 2 atom stereocenters. The SMILES string of the molecule is CC(C)[C@H](C[C@@]1(C2CC2)NC(=O)NC1=O)C(=O)N1Cc2ccc(C(F)(F)F)cc2C1. The van der Waals surface area contributed by atoms with Crippen LogP contribution in [0, 0.1) is 17.8 Å². The van der Waals surface area contributed by atoms with Crippen LogP contribution < -0.4 is 10.6 Å². The summed E-state index contributed by atoms with van der Waals surface area (Å²) in [5.41, 5.74) is -0.626. The van der Waals surface area contributed by atoms with Gasteiger partial charge in [-0.2, -0.15) is 13.2 Å². The predicted octanol–water partition coefficient (Wildman–Crippen LogP) is 3.20. The number of nitrogens with one attached hydrogen (secondary N) is 2. The van der Waals surface area contributed by atoms with Crippen LogP contribution in [0.2, 0.25) is 0 Å². The maximum absolute atomic E-state index is 13.4. The van der Waals surface area contributed by atoms with Gasteiger partial charge in [0, 0.05) is 19.0 Å². The summed E-state index contributed by atoms with van der Waals surface area (Å²) in [6.45, 7) is 4.10. The summed E-state index contributed by atoms with van der Waals surface area (Å²) in [5.74, 6) is -1.24. The second kappa shape index (κ2) is 6.99. The van der Waals surface area contributed by atoms with Gasteiger partial charge in [0.15, 0.2) is 0 Å². The fourth-order valence-electron chi connectivity index (χ4n) is 4.60. The number of fused-ring (bicyclic) bond motifs is 1. The number of nitrogens with zero attached hydrogens (tertiary/aromatic N) is 1. The van der Waals surface area contributed by atoms with Crippen LogP contribution in [0.4, 0.5) is 18.0 Å². The van der Waals surface area contributed by atoms with Crippen LogP contribution in [-0.2, 0) is 28.9 Å². The minimum absolute atomic E-state index is 0.00289. The number of imide groups is 1. The number of halogens is 3. The molecule has 0 unspecified atom stereocenters. The van der Waals surface area contributed by atoms with Gasteiger partial charge >= 0.3 is 12.2 Å². The van der Waals surface area contributed by atoms with Crippen molar-refractivity contribution in [3.05, 3.63) is 34.9 Å². The fraction of sp³-hybridized carbons (Fsp3) is 0.571. The topological polar surface area (TPSA) is 78.5 Å². The maximum Gasteiger partial charge on any atom is 0.416 e. The number of alkyl halides is 3. The van der Waals surface area contributed by atoms with Crippen LogP contribution in [0.25, 0.3) is 0 Å². The Labute approximate surface area is 172 Å². The quantitative estimate of drug-likeness (QED) is 0.714. The second-order valence-electron chi connectivity index (χ2n) is 8.88. The highest BCUT2D eigenvalue weighted by molar-refractivity contribution is 6.07. The first kappa shape index (κ1) is 20.7. The summed E-state index contributed by atoms with van der Waals surface area (Å²) < 4.78 is 39.0. The van der Waals surface area contributed by atoms with Crippen LogP contribution in [0.5, 0.6) is 0 Å². The average molecular weight is 423 g/mol. The summed E-state index contributed by atoms with van der Waals surface area (Å²) in [6, 6.07) is 3.01. The molecule has 1 saturated carbocycles. The number of carbonyl (C=O) groups is 3. The van der Waals surface area contributed by atoms with E-state index in [1.54, 1.807) is 4.90 Å². The first-order valence-electron chi connectivity index (χ1n) is 10.1. The molecule has 1 aliphatic carbocycles. The smallest absolute Gasteiger partial charge is 0.334 e. The predicted molar refractivity (Wildman–Crippen MR) is 101 cm³/mol. The third kappa shape index (κ3) is 3.54. The number of urea groups is 1. The van der Waals surface area contributed by atoms with E-state index in [-0.39, 0.29) is 37.3 Å². The summed E-state index contributed by atoms with van der Waals surface area (Å²) in [5, 5.41) is 5.05. The lowest BCUT2D eigenvalue weighted by molar-refractivity contribution is -0.139. The van der Waals surface area contributed by atoms with Gasteiger partial charge in [0.2, 0.25) is 5.91 Å². The molecule has 2 N–H and O–H groups in total. The van der Waals surface area contributed by atoms with Gasteiger partial charge in [0.25, 0.3) is 5.91 Å². The summed E-state index contributed by atoms with van der Waals surface area (Å²) >= 11 is 0. The largest absolute Gasteiger partial charge is 0.416 e. The van der Waals surface area contributed by atoms with Crippen molar-refractivity contribution in [3.63, 3.8) is 0 Å². The molecule has 6 nitrogen and oxygen atoms in total. The van der Waals surface area contributed by atoms with Crippen LogP contribution >= 0.6 is 0 Å². The maximum atomic E-state index is 13.4. The van der Waals surface area contributed by atoms with E-state index in [1.165, 1.54) is 6.07 Å². The third-order valence-corrected chi connectivity index (χ3v) is 6.47. The number of amides is 4. The van der Waals surface area contributed by atoms with Gasteiger partial charge in [-0.1, -0.05) is 19.9 Å². The van der Waals surface area contributed by atoms with Gasteiger partial charge in [-0.05, 0) is 54.4 Å². The van der Waals surface area contributed by atoms with Crippen molar-refractivity contribution in [1.29, 1.82) is 0 Å². The second-order valence-corrected chi connectivity index (χ2v) is 8.88. The van der Waals surface area contributed by atoms with Gasteiger partial charge < -0.3 is 10.2 Å². The van der Waals surface area contributed by atoms with Crippen molar-refractivity contribution >= 4 is 17.8 Å². The zero-order valence-corrected chi connectivity index (χ0v) is 16.8. The van der Waals surface area contributed by atoms with Crippen molar-refractivity contribution in [2.45, 2.75) is 57.9 Å². The Kier molecular flexibility index (Phi) is 4.82. The van der Waals surface area contributed by atoms with E-state index in [4.69, 9.17) is 0 Å². The number of hydrogen-bond acceptors (Lipinski definition) is 3. The molecule has 30 heavy (non-hydrogen) atoms. The van der Waals surface area contributed by atoms with E-state index in [1.807, 2.05) is 13.8 Å². The van der Waals surface area contributed by atoms with E-state index >= 15 is 0 Å². The van der Waals surface area contributed by atoms with Gasteiger partial charge in [0.05, 0.1) is 5.56 Å². The molecule has 0 radical (unpaired) electrons. The van der Waals surface area contributed by atoms with Gasteiger partial charge in [-0.25, -0.2) is 4.79 Å². The molecule has 2 aliphatic heterocycles. The van der Waals surface area contributed by atoms with E-state index in [0.717, 1.165) is 25.0 Å². The number of carbonyl (C=O) groups excluding carboxylic acids is 3. The standard InChI is InChI=1S/C21H24F3N3O3/c1-11(2)16(8-20(14-5-6-14)18(29)25-19(30)26-20)17(28)27-9-12-3-4-15(21(22,23)24)7-13(12)10-27/h3-4,7,11,14,16H,5-6,8-10H2,1-2H3,(H2,25,26,29,30)/t16-,20-/m0/s1. The van der Waals surface area contributed by atoms with E-state index < -0.39 is 35.1 Å². The van der Waals surface area contributed by atoms with Crippen molar-refractivity contribution in [3.8, 4) is 0 Å². The Hall–Kier alpha value is -2.58. The molecule has 4 amide bonds. The van der Waals surface area contributed by atoms with Crippen molar-refractivity contribution in [1.82, 2.24) is 15.5 Å². The summed E-state index contributed by atoms with van der Waals surface area (Å²) in [7, 11) is 0. The van der Waals surface area contributed by atoms with E-state index in [2.05, 4.69) is 10.6 Å². The van der Waals surface area contributed by atoms with Crippen LogP contribution in [0.1, 0.15) is 49.8 Å². The Bertz CT molecular complexity index is 910. The lowest BCUT2D eigenvalue weighted by Crippen LogP contribution is -2.52. The molecule has 0 bridgehead atoms. The average Bonchev–Trinajstić information content (AvgIpc) is 3.35. The molecular formula is C21H24F3N3O3. The third-order valence-electron chi connectivity index (χ3n) is 6.47. The van der Waals surface area contributed by atoms with Crippen molar-refractivity contribution < 1.29 is 27.6 Å². The molecule has 1 saturated heterocycles. The molecule has 162 valence electrons. The Morgan fingerprint density at radius 1 is 1.20 bits per heavy atom. The Balaban J connectivity index is 1.54. The monoisotopic (exact) mass is 423 g/mol. The van der Waals surface area contributed by atoms with Crippen molar-refractivity contribution in [2.75, 3.05) is 0 Å². The zero-order chi connectivity index (χ0) is 21.8. The van der Waals surface area contributed by atoms with Crippen LogP contribution in [0.15, 0.2) is 18.2 Å². The minimum atomic E-state index is -4.43. The molecule has 1 aromatic carbocycles. The molecule has 0 aromatic heterocycles.